The lowest BCUT2D eigenvalue weighted by Crippen LogP contribution is -2.33. The smallest absolute Gasteiger partial charge is 0.405 e. The number of methoxy groups -OCH3 is 1. The second kappa shape index (κ2) is 8.88. The molecule has 0 heterocycles. The third-order valence-corrected chi connectivity index (χ3v) is 3.38. The van der Waals surface area contributed by atoms with Crippen molar-refractivity contribution in [2.75, 3.05) is 19.0 Å². The Morgan fingerprint density at radius 1 is 1.11 bits per heavy atom. The van der Waals surface area contributed by atoms with Gasteiger partial charge < -0.3 is 15.4 Å². The van der Waals surface area contributed by atoms with Gasteiger partial charge in [0.15, 0.2) is 0 Å². The third-order valence-electron chi connectivity index (χ3n) is 3.38. The molecule has 0 saturated carbocycles. The molecular weight excluding hydrogens is 361 g/mol. The molecule has 2 aromatic carbocycles. The van der Waals surface area contributed by atoms with Gasteiger partial charge in [0.2, 0.25) is 5.91 Å². The van der Waals surface area contributed by atoms with Crippen molar-refractivity contribution in [3.8, 4) is 5.75 Å². The van der Waals surface area contributed by atoms with Gasteiger partial charge in [-0.3, -0.25) is 9.59 Å². The van der Waals surface area contributed by atoms with E-state index in [4.69, 9.17) is 4.74 Å². The molecule has 0 saturated heterocycles. The molecule has 2 aromatic rings. The summed E-state index contributed by atoms with van der Waals surface area (Å²) in [5, 5.41) is 4.37. The van der Waals surface area contributed by atoms with E-state index < -0.39 is 24.5 Å². The monoisotopic (exact) mass is 378 g/mol. The number of nitrogens with one attached hydrogen (secondary N) is 2. The van der Waals surface area contributed by atoms with Crippen molar-refractivity contribution >= 4 is 23.6 Å². The van der Waals surface area contributed by atoms with Gasteiger partial charge in [-0.1, -0.05) is 12.1 Å². The van der Waals surface area contributed by atoms with E-state index in [0.717, 1.165) is 5.56 Å². The highest BCUT2D eigenvalue weighted by Crippen LogP contribution is 2.15. The Kier molecular flexibility index (Phi) is 6.59. The van der Waals surface area contributed by atoms with Gasteiger partial charge in [0, 0.05) is 17.3 Å². The number of carbonyl (C=O) groups excluding carboxylic acids is 2. The third kappa shape index (κ3) is 6.85. The van der Waals surface area contributed by atoms with Crippen LogP contribution in [0.5, 0.6) is 5.75 Å². The van der Waals surface area contributed by atoms with E-state index in [1.165, 1.54) is 30.3 Å². The van der Waals surface area contributed by atoms with E-state index in [-0.39, 0.29) is 5.56 Å². The second-order valence-electron chi connectivity index (χ2n) is 5.47. The molecule has 2 rings (SSSR count). The van der Waals surface area contributed by atoms with Crippen molar-refractivity contribution in [2.24, 2.45) is 0 Å². The van der Waals surface area contributed by atoms with Crippen molar-refractivity contribution in [3.63, 3.8) is 0 Å². The second-order valence-corrected chi connectivity index (χ2v) is 5.47. The van der Waals surface area contributed by atoms with E-state index in [1.807, 2.05) is 0 Å². The van der Waals surface area contributed by atoms with Crippen LogP contribution in [-0.2, 0) is 4.79 Å². The minimum atomic E-state index is -4.47. The lowest BCUT2D eigenvalue weighted by atomic mass is 10.2. The van der Waals surface area contributed by atoms with Crippen LogP contribution < -0.4 is 15.4 Å². The zero-order valence-corrected chi connectivity index (χ0v) is 14.3. The summed E-state index contributed by atoms with van der Waals surface area (Å²) in [4.78, 5) is 23.6. The number of anilines is 1. The molecule has 8 heteroatoms. The molecule has 0 bridgehead atoms. The highest BCUT2D eigenvalue weighted by Gasteiger charge is 2.27. The zero-order valence-electron chi connectivity index (χ0n) is 14.3. The normalized spacial score (nSPS) is 11.3. The molecule has 0 radical (unpaired) electrons. The molecule has 0 atom stereocenters. The number of carbonyl (C=O) groups is 2. The number of hydrogen-bond donors (Lipinski definition) is 2. The summed E-state index contributed by atoms with van der Waals surface area (Å²) in [6.45, 7) is -1.40. The quantitative estimate of drug-likeness (QED) is 0.755. The predicted molar refractivity (Wildman–Crippen MR) is 95.5 cm³/mol. The highest BCUT2D eigenvalue weighted by molar-refractivity contribution is 6.02. The standard InChI is InChI=1S/C19H17F3N2O3/c1-27-16-4-2-3-13(11-16)5-10-17(25)24-15-8-6-14(7-9-15)18(26)23-12-19(20,21)22/h2-11H,12H2,1H3,(H,23,26)(H,24,25)/b10-5+. The fourth-order valence-corrected chi connectivity index (χ4v) is 2.09. The maximum atomic E-state index is 12.1. The lowest BCUT2D eigenvalue weighted by Gasteiger charge is -2.09. The number of hydrogen-bond acceptors (Lipinski definition) is 3. The van der Waals surface area contributed by atoms with Crippen molar-refractivity contribution in [1.82, 2.24) is 5.32 Å². The highest BCUT2D eigenvalue weighted by atomic mass is 19.4. The largest absolute Gasteiger partial charge is 0.497 e. The first kappa shape index (κ1) is 20.0. The maximum absolute atomic E-state index is 12.1. The van der Waals surface area contributed by atoms with Gasteiger partial charge in [-0.2, -0.15) is 13.2 Å². The molecule has 0 fully saturated rings. The van der Waals surface area contributed by atoms with Gasteiger partial charge in [-0.15, -0.1) is 0 Å². The van der Waals surface area contributed by atoms with Gasteiger partial charge >= 0.3 is 6.18 Å². The predicted octanol–water partition coefficient (Wildman–Crippen LogP) is 3.64. The summed E-state index contributed by atoms with van der Waals surface area (Å²) >= 11 is 0. The molecule has 27 heavy (non-hydrogen) atoms. The summed E-state index contributed by atoms with van der Waals surface area (Å²) in [5.41, 5.74) is 1.24. The summed E-state index contributed by atoms with van der Waals surface area (Å²) in [6, 6.07) is 12.7. The Balaban J connectivity index is 1.92. The lowest BCUT2D eigenvalue weighted by molar-refractivity contribution is -0.123. The van der Waals surface area contributed by atoms with Crippen molar-refractivity contribution in [1.29, 1.82) is 0 Å². The minimum Gasteiger partial charge on any atom is -0.497 e. The molecule has 2 N–H and O–H groups in total. The first-order valence-corrected chi connectivity index (χ1v) is 7.85. The van der Waals surface area contributed by atoms with E-state index in [1.54, 1.807) is 42.8 Å². The maximum Gasteiger partial charge on any atom is 0.405 e. The van der Waals surface area contributed by atoms with Crippen LogP contribution in [-0.4, -0.2) is 31.6 Å². The fraction of sp³-hybridized carbons (Fsp3) is 0.158. The van der Waals surface area contributed by atoms with Gasteiger partial charge in [0.25, 0.3) is 5.91 Å². The molecule has 0 spiro atoms. The molecule has 0 aromatic heterocycles. The van der Waals surface area contributed by atoms with Crippen LogP contribution in [0.3, 0.4) is 0 Å². The Morgan fingerprint density at radius 3 is 2.44 bits per heavy atom. The number of rotatable bonds is 6. The first-order valence-electron chi connectivity index (χ1n) is 7.85. The van der Waals surface area contributed by atoms with Gasteiger partial charge in [-0.05, 0) is 48.0 Å². The fourth-order valence-electron chi connectivity index (χ4n) is 2.09. The van der Waals surface area contributed by atoms with Crippen LogP contribution in [0.2, 0.25) is 0 Å². The molecule has 2 amide bonds. The van der Waals surface area contributed by atoms with Gasteiger partial charge in [0.05, 0.1) is 7.11 Å². The molecule has 0 aliphatic carbocycles. The molecule has 142 valence electrons. The van der Waals surface area contributed by atoms with Crippen LogP contribution in [0.25, 0.3) is 6.08 Å². The average Bonchev–Trinajstić information content (AvgIpc) is 2.64. The number of halogens is 3. The van der Waals surface area contributed by atoms with E-state index in [0.29, 0.717) is 11.4 Å². The van der Waals surface area contributed by atoms with Crippen molar-refractivity contribution < 1.29 is 27.5 Å². The minimum absolute atomic E-state index is 0.0594. The Labute approximate surface area is 153 Å². The zero-order chi connectivity index (χ0) is 19.9. The van der Waals surface area contributed by atoms with Crippen LogP contribution in [0.4, 0.5) is 18.9 Å². The SMILES string of the molecule is COc1cccc(/C=C/C(=O)Nc2ccc(C(=O)NCC(F)(F)F)cc2)c1. The van der Waals surface area contributed by atoms with Crippen LogP contribution in [0.1, 0.15) is 15.9 Å². The summed E-state index contributed by atoms with van der Waals surface area (Å²) in [6.07, 6.45) is -1.53. The van der Waals surface area contributed by atoms with Crippen LogP contribution >= 0.6 is 0 Å². The van der Waals surface area contributed by atoms with Crippen LogP contribution in [0, 0.1) is 0 Å². The first-order chi connectivity index (χ1) is 12.8. The number of benzene rings is 2. The summed E-state index contributed by atoms with van der Waals surface area (Å²) in [7, 11) is 1.54. The van der Waals surface area contributed by atoms with E-state index >= 15 is 0 Å². The van der Waals surface area contributed by atoms with E-state index in [2.05, 4.69) is 5.32 Å². The topological polar surface area (TPSA) is 67.4 Å². The summed E-state index contributed by atoms with van der Waals surface area (Å²) in [5.74, 6) is -0.577. The van der Waals surface area contributed by atoms with Gasteiger partial charge in [0.1, 0.15) is 12.3 Å². The number of amides is 2. The molecular formula is C19H17F3N2O3. The number of alkyl halides is 3. The summed E-state index contributed by atoms with van der Waals surface area (Å²) < 4.78 is 41.4. The number of ether oxygens (including phenoxy) is 1. The molecule has 0 aliphatic heterocycles. The Hall–Kier alpha value is -3.29. The Bertz CT molecular complexity index is 831. The van der Waals surface area contributed by atoms with Crippen LogP contribution in [0.15, 0.2) is 54.6 Å². The molecule has 5 nitrogen and oxygen atoms in total. The molecule has 0 aliphatic rings. The average molecular weight is 378 g/mol. The van der Waals surface area contributed by atoms with Crippen molar-refractivity contribution in [2.45, 2.75) is 6.18 Å². The molecule has 0 unspecified atom stereocenters. The van der Waals surface area contributed by atoms with E-state index in [9.17, 15) is 22.8 Å². The van der Waals surface area contributed by atoms with Gasteiger partial charge in [-0.25, -0.2) is 0 Å². The van der Waals surface area contributed by atoms with Crippen molar-refractivity contribution in [3.05, 3.63) is 65.7 Å². The Morgan fingerprint density at radius 2 is 1.81 bits per heavy atom.